The van der Waals surface area contributed by atoms with Crippen LogP contribution in [0.1, 0.15) is 35.9 Å². The van der Waals surface area contributed by atoms with Crippen molar-refractivity contribution in [2.45, 2.75) is 20.0 Å². The van der Waals surface area contributed by atoms with Gasteiger partial charge in [-0.1, -0.05) is 16.7 Å². The van der Waals surface area contributed by atoms with Gasteiger partial charge in [-0.05, 0) is 31.5 Å². The molecule has 0 saturated heterocycles. The number of carbonyl (C=O) groups is 1. The molecule has 12 heteroatoms. The van der Waals surface area contributed by atoms with Crippen LogP contribution in [0.2, 0.25) is 5.02 Å². The number of carbonyl (C=O) groups excluding carboxylic acids is 1. The van der Waals surface area contributed by atoms with Gasteiger partial charge in [-0.3, -0.25) is 0 Å². The van der Waals surface area contributed by atoms with E-state index in [-0.39, 0.29) is 53.2 Å². The van der Waals surface area contributed by atoms with Crippen LogP contribution in [0.15, 0.2) is 35.7 Å². The first-order chi connectivity index (χ1) is 15.0. The second kappa shape index (κ2) is 9.96. The summed E-state index contributed by atoms with van der Waals surface area (Å²) in [5.74, 6) is -0.756. The van der Waals surface area contributed by atoms with E-state index in [0.717, 1.165) is 0 Å². The van der Waals surface area contributed by atoms with Crippen LogP contribution >= 0.6 is 11.6 Å². The molecular weight excluding hydrogens is 431 g/mol. The molecular formula is C19H18ClFN6O4. The van der Waals surface area contributed by atoms with Gasteiger partial charge in [0, 0.05) is 17.2 Å². The van der Waals surface area contributed by atoms with E-state index in [1.165, 1.54) is 22.8 Å². The van der Waals surface area contributed by atoms with Gasteiger partial charge >= 0.3 is 5.97 Å². The van der Waals surface area contributed by atoms with E-state index in [9.17, 15) is 9.18 Å². The van der Waals surface area contributed by atoms with Crippen LogP contribution in [0.5, 0.6) is 11.6 Å². The van der Waals surface area contributed by atoms with Crippen molar-refractivity contribution in [3.8, 4) is 11.6 Å². The van der Waals surface area contributed by atoms with E-state index in [4.69, 9.17) is 31.3 Å². The predicted molar refractivity (Wildman–Crippen MR) is 109 cm³/mol. The lowest BCUT2D eigenvalue weighted by atomic mass is 10.1. The van der Waals surface area contributed by atoms with Crippen molar-refractivity contribution >= 4 is 23.2 Å². The topological polar surface area (TPSA) is 124 Å². The molecule has 0 fully saturated rings. The number of nitrogens with zero attached hydrogens (tertiary/aromatic N) is 6. The van der Waals surface area contributed by atoms with E-state index in [0.29, 0.717) is 0 Å². The number of azide groups is 1. The molecule has 0 aliphatic heterocycles. The number of halogens is 2. The minimum absolute atomic E-state index is 0.0781. The van der Waals surface area contributed by atoms with Crippen molar-refractivity contribution in [1.82, 2.24) is 14.6 Å². The number of benzene rings is 1. The lowest BCUT2D eigenvalue weighted by Crippen LogP contribution is -2.11. The number of rotatable bonds is 9. The normalized spacial score (nSPS) is 11.6. The third-order valence-corrected chi connectivity index (χ3v) is 4.53. The third kappa shape index (κ3) is 4.96. The Balaban J connectivity index is 1.88. The molecule has 1 aromatic carbocycles. The van der Waals surface area contributed by atoms with Crippen LogP contribution in [0, 0.1) is 5.82 Å². The molecule has 0 saturated carbocycles. The maximum Gasteiger partial charge on any atom is 0.343 e. The summed E-state index contributed by atoms with van der Waals surface area (Å²) in [4.78, 5) is 19.1. The third-order valence-electron chi connectivity index (χ3n) is 4.15. The van der Waals surface area contributed by atoms with Crippen LogP contribution in [0.4, 0.5) is 4.39 Å². The Hall–Kier alpha value is -3.56. The Morgan fingerprint density at radius 2 is 2.23 bits per heavy atom. The highest BCUT2D eigenvalue weighted by Crippen LogP contribution is 2.36. The summed E-state index contributed by atoms with van der Waals surface area (Å²) >= 11 is 6.17. The van der Waals surface area contributed by atoms with Gasteiger partial charge in [-0.15, -0.1) is 0 Å². The van der Waals surface area contributed by atoms with Gasteiger partial charge in [0.1, 0.15) is 23.2 Å². The van der Waals surface area contributed by atoms with Crippen molar-refractivity contribution < 1.29 is 23.4 Å². The van der Waals surface area contributed by atoms with Crippen molar-refractivity contribution in [1.29, 1.82) is 0 Å². The molecule has 3 rings (SSSR count). The summed E-state index contributed by atoms with van der Waals surface area (Å²) in [6.45, 7) is 3.73. The molecule has 0 radical (unpaired) electrons. The Bertz CT molecular complexity index is 1150. The maximum atomic E-state index is 14.1. The van der Waals surface area contributed by atoms with Gasteiger partial charge in [-0.2, -0.15) is 10.1 Å². The Kier molecular flexibility index (Phi) is 7.11. The largest absolute Gasteiger partial charge is 0.493 e. The first-order valence-electron chi connectivity index (χ1n) is 9.26. The van der Waals surface area contributed by atoms with Crippen molar-refractivity contribution in [2.75, 3.05) is 19.8 Å². The quantitative estimate of drug-likeness (QED) is 0.156. The van der Waals surface area contributed by atoms with E-state index < -0.39 is 17.9 Å². The highest BCUT2D eigenvalue weighted by molar-refractivity contribution is 6.31. The Morgan fingerprint density at radius 1 is 1.42 bits per heavy atom. The van der Waals surface area contributed by atoms with Crippen LogP contribution in [-0.2, 0) is 4.74 Å². The first kappa shape index (κ1) is 22.1. The van der Waals surface area contributed by atoms with Gasteiger partial charge in [0.15, 0.2) is 5.65 Å². The van der Waals surface area contributed by atoms with Gasteiger partial charge in [-0.25, -0.2) is 13.7 Å². The fourth-order valence-corrected chi connectivity index (χ4v) is 3.12. The average Bonchev–Trinajstić information content (AvgIpc) is 3.17. The zero-order valence-corrected chi connectivity index (χ0v) is 17.4. The van der Waals surface area contributed by atoms with E-state index in [1.807, 2.05) is 0 Å². The fraction of sp³-hybridized carbons (Fsp3) is 0.316. The highest BCUT2D eigenvalue weighted by Gasteiger charge is 2.22. The minimum Gasteiger partial charge on any atom is -0.493 e. The van der Waals surface area contributed by atoms with Crippen molar-refractivity contribution in [3.05, 3.63) is 63.0 Å². The molecule has 31 heavy (non-hydrogen) atoms. The molecule has 0 N–H and O–H groups in total. The molecule has 0 amide bonds. The smallest absolute Gasteiger partial charge is 0.343 e. The van der Waals surface area contributed by atoms with Crippen molar-refractivity contribution in [2.24, 2.45) is 5.11 Å². The molecule has 1 atom stereocenters. The van der Waals surface area contributed by atoms with Crippen LogP contribution in [0.3, 0.4) is 0 Å². The first-order valence-corrected chi connectivity index (χ1v) is 9.63. The average molecular weight is 449 g/mol. The SMILES string of the molecule is CCOC(=O)c1cnn2ccc(OC(C)c3c(OCCN=[N+]=[N-])ccc(F)c3Cl)nc12. The zero-order valence-electron chi connectivity index (χ0n) is 16.7. The second-order valence-corrected chi connectivity index (χ2v) is 6.53. The van der Waals surface area contributed by atoms with Crippen LogP contribution < -0.4 is 9.47 Å². The van der Waals surface area contributed by atoms with Gasteiger partial charge in [0.25, 0.3) is 0 Å². The van der Waals surface area contributed by atoms with E-state index >= 15 is 0 Å². The van der Waals surface area contributed by atoms with E-state index in [2.05, 4.69) is 20.1 Å². The summed E-state index contributed by atoms with van der Waals surface area (Å²) < 4.78 is 31.9. The lowest BCUT2D eigenvalue weighted by Gasteiger charge is -2.19. The molecule has 0 bridgehead atoms. The van der Waals surface area contributed by atoms with E-state index in [1.54, 1.807) is 26.1 Å². The van der Waals surface area contributed by atoms with Gasteiger partial charge in [0.05, 0.1) is 36.5 Å². The molecule has 0 aliphatic rings. The molecule has 162 valence electrons. The van der Waals surface area contributed by atoms with Crippen molar-refractivity contribution in [3.63, 3.8) is 0 Å². The van der Waals surface area contributed by atoms with Crippen LogP contribution in [0.25, 0.3) is 16.1 Å². The monoisotopic (exact) mass is 448 g/mol. The number of fused-ring (bicyclic) bond motifs is 1. The Morgan fingerprint density at radius 3 is 2.97 bits per heavy atom. The molecule has 1 unspecified atom stereocenters. The number of aromatic nitrogens is 3. The number of hydrogen-bond donors (Lipinski definition) is 0. The molecule has 2 heterocycles. The second-order valence-electron chi connectivity index (χ2n) is 6.15. The standard InChI is InChI=1S/C19H18ClFN6O4/c1-3-29-19(28)12-10-24-27-8-6-15(25-18(12)27)31-11(2)16-14(30-9-7-23-26-22)5-4-13(21)17(16)20/h4-6,8,10-11H,3,7,9H2,1-2H3. The van der Waals surface area contributed by atoms with Gasteiger partial charge in [0.2, 0.25) is 5.88 Å². The lowest BCUT2D eigenvalue weighted by molar-refractivity contribution is 0.0528. The molecule has 0 spiro atoms. The summed E-state index contributed by atoms with van der Waals surface area (Å²) in [7, 11) is 0. The minimum atomic E-state index is -0.762. The van der Waals surface area contributed by atoms with Gasteiger partial charge < -0.3 is 14.2 Å². The molecule has 0 aliphatic carbocycles. The number of ether oxygens (including phenoxy) is 3. The predicted octanol–water partition coefficient (Wildman–Crippen LogP) is 4.53. The molecule has 10 nitrogen and oxygen atoms in total. The Labute approximate surface area is 181 Å². The summed E-state index contributed by atoms with van der Waals surface area (Å²) in [6.07, 6.45) is 2.16. The summed E-state index contributed by atoms with van der Waals surface area (Å²) in [5, 5.41) is 7.29. The summed E-state index contributed by atoms with van der Waals surface area (Å²) in [5.41, 5.74) is 9.07. The number of hydrogen-bond acceptors (Lipinski definition) is 7. The maximum absolute atomic E-state index is 14.1. The van der Waals surface area contributed by atoms with Crippen LogP contribution in [-0.4, -0.2) is 40.3 Å². The fourth-order valence-electron chi connectivity index (χ4n) is 2.81. The summed E-state index contributed by atoms with van der Waals surface area (Å²) in [6, 6.07) is 4.13. The zero-order chi connectivity index (χ0) is 22.4. The highest BCUT2D eigenvalue weighted by atomic mass is 35.5. The molecule has 3 aromatic rings. The molecule has 2 aromatic heterocycles. The number of esters is 1.